The molecule has 0 radical (unpaired) electrons. The van der Waals surface area contributed by atoms with Crippen LogP contribution in [0.25, 0.3) is 0 Å². The van der Waals surface area contributed by atoms with Gasteiger partial charge in [-0.15, -0.1) is 0 Å². The van der Waals surface area contributed by atoms with Crippen LogP contribution in [0.1, 0.15) is 63.9 Å². The zero-order valence-electron chi connectivity index (χ0n) is 25.2. The number of ether oxygens (including phenoxy) is 2. The second kappa shape index (κ2) is 13.8. The summed E-state index contributed by atoms with van der Waals surface area (Å²) >= 11 is 1.40. The summed E-state index contributed by atoms with van der Waals surface area (Å²) in [5.41, 5.74) is 2.56. The van der Waals surface area contributed by atoms with Crippen LogP contribution in [-0.4, -0.2) is 69.6 Å². The van der Waals surface area contributed by atoms with E-state index in [2.05, 4.69) is 56.8 Å². The maximum absolute atomic E-state index is 13.6. The number of nitrogens with zero attached hydrogens (tertiary/aromatic N) is 3. The topological polar surface area (TPSA) is 103 Å². The van der Waals surface area contributed by atoms with Gasteiger partial charge in [-0.2, -0.15) is 0 Å². The number of Topliss-reactive ketones (excluding diaryl/α,β-unsaturated/α-hetero) is 1. The molecule has 9 nitrogen and oxygen atoms in total. The zero-order chi connectivity index (χ0) is 29.6. The molecule has 1 amide bonds. The van der Waals surface area contributed by atoms with E-state index >= 15 is 0 Å². The minimum atomic E-state index is -2.12. The average Bonchev–Trinajstić information content (AvgIpc) is 2.93. The molecule has 220 valence electrons. The zero-order valence-corrected chi connectivity index (χ0v) is 27.1. The predicted octanol–water partition coefficient (Wildman–Crippen LogP) is 5.49. The summed E-state index contributed by atoms with van der Waals surface area (Å²) in [6.45, 7) is 14.7. The van der Waals surface area contributed by atoms with E-state index in [0.29, 0.717) is 57.8 Å². The van der Waals surface area contributed by atoms with Crippen molar-refractivity contribution in [3.05, 3.63) is 35.5 Å². The fourth-order valence-electron chi connectivity index (χ4n) is 6.03. The van der Waals surface area contributed by atoms with Crippen LogP contribution in [0.2, 0.25) is 16.6 Å². The summed E-state index contributed by atoms with van der Waals surface area (Å²) in [5.74, 6) is 1.39. The molecule has 1 aliphatic rings. The number of carbonyl (C=O) groups excluding carboxylic acids is 2. The van der Waals surface area contributed by atoms with Gasteiger partial charge in [-0.05, 0) is 35.0 Å². The number of methoxy groups -OCH3 is 2. The Labute approximate surface area is 243 Å². The van der Waals surface area contributed by atoms with Crippen molar-refractivity contribution < 1.29 is 23.5 Å². The molecule has 0 spiro atoms. The number of aromatic nitrogens is 2. The molecule has 0 aliphatic carbocycles. The molecule has 2 aromatic rings. The van der Waals surface area contributed by atoms with Crippen LogP contribution in [0.15, 0.2) is 29.6 Å². The highest BCUT2D eigenvalue weighted by atomic mass is 32.2. The molecule has 1 unspecified atom stereocenters. The van der Waals surface area contributed by atoms with E-state index in [-0.39, 0.29) is 24.7 Å². The van der Waals surface area contributed by atoms with Gasteiger partial charge in [0.05, 0.1) is 26.4 Å². The summed E-state index contributed by atoms with van der Waals surface area (Å²) in [6, 6.07) is 4.74. The first-order chi connectivity index (χ1) is 19.0. The normalized spacial score (nSPS) is 15.6. The van der Waals surface area contributed by atoms with Gasteiger partial charge in [-0.25, -0.2) is 9.97 Å². The SMILES string of the molecule is COc1ccc(CNC(=O)C2CC(=O)c3cnc(SC)nc3N2CCO[Si](C(C)C)(C(C)C)C(C)C)c(OC)c1. The van der Waals surface area contributed by atoms with Gasteiger partial charge in [0.2, 0.25) is 5.91 Å². The number of rotatable bonds is 13. The van der Waals surface area contributed by atoms with E-state index in [9.17, 15) is 9.59 Å². The smallest absolute Gasteiger partial charge is 0.243 e. The quantitative estimate of drug-likeness (QED) is 0.185. The molecule has 1 aliphatic heterocycles. The van der Waals surface area contributed by atoms with Crippen molar-refractivity contribution in [1.29, 1.82) is 0 Å². The second-order valence-electron chi connectivity index (χ2n) is 11.0. The van der Waals surface area contributed by atoms with Gasteiger partial charge in [0.1, 0.15) is 23.4 Å². The summed E-state index contributed by atoms with van der Waals surface area (Å²) in [6.07, 6.45) is 3.51. The molecule has 2 heterocycles. The molecule has 1 atom stereocenters. The van der Waals surface area contributed by atoms with E-state index < -0.39 is 14.4 Å². The van der Waals surface area contributed by atoms with Gasteiger partial charge < -0.3 is 24.1 Å². The third-order valence-electron chi connectivity index (χ3n) is 7.90. The number of nitrogens with one attached hydrogen (secondary N) is 1. The van der Waals surface area contributed by atoms with Crippen LogP contribution in [0, 0.1) is 0 Å². The minimum absolute atomic E-state index is 0.0433. The number of ketones is 1. The number of benzene rings is 1. The third-order valence-corrected chi connectivity index (χ3v) is 14.6. The number of amides is 1. The molecule has 3 rings (SSSR count). The monoisotopic (exact) mass is 588 g/mol. The van der Waals surface area contributed by atoms with Gasteiger partial charge in [0, 0.05) is 37.3 Å². The van der Waals surface area contributed by atoms with E-state index in [1.165, 1.54) is 11.8 Å². The van der Waals surface area contributed by atoms with Crippen molar-refractivity contribution in [3.8, 4) is 11.5 Å². The summed E-state index contributed by atoms with van der Waals surface area (Å²) in [7, 11) is 1.05. The van der Waals surface area contributed by atoms with Crippen LogP contribution >= 0.6 is 11.8 Å². The maximum Gasteiger partial charge on any atom is 0.243 e. The fourth-order valence-corrected chi connectivity index (χ4v) is 11.8. The first-order valence-corrected chi connectivity index (χ1v) is 17.2. The Bertz CT molecular complexity index is 1170. The van der Waals surface area contributed by atoms with Gasteiger partial charge in [-0.1, -0.05) is 53.3 Å². The number of hydrogen-bond donors (Lipinski definition) is 1. The van der Waals surface area contributed by atoms with Crippen LogP contribution in [0.5, 0.6) is 11.5 Å². The minimum Gasteiger partial charge on any atom is -0.497 e. The number of thioether (sulfide) groups is 1. The van der Waals surface area contributed by atoms with E-state index in [0.717, 1.165) is 5.56 Å². The van der Waals surface area contributed by atoms with Gasteiger partial charge in [0.25, 0.3) is 0 Å². The Morgan fingerprint density at radius 1 is 1.12 bits per heavy atom. The van der Waals surface area contributed by atoms with Crippen LogP contribution in [0.3, 0.4) is 0 Å². The van der Waals surface area contributed by atoms with Crippen molar-refractivity contribution in [1.82, 2.24) is 15.3 Å². The third kappa shape index (κ3) is 6.63. The van der Waals surface area contributed by atoms with Crippen molar-refractivity contribution in [3.63, 3.8) is 0 Å². The summed E-state index contributed by atoms with van der Waals surface area (Å²) in [5, 5.41) is 3.57. The lowest BCUT2D eigenvalue weighted by Crippen LogP contribution is -2.54. The highest BCUT2D eigenvalue weighted by Crippen LogP contribution is 2.42. The average molecular weight is 589 g/mol. The number of carbonyl (C=O) groups is 2. The Hall–Kier alpha value is -2.63. The van der Waals surface area contributed by atoms with Crippen molar-refractivity contribution in [2.75, 3.05) is 38.5 Å². The molecule has 11 heteroatoms. The van der Waals surface area contributed by atoms with Gasteiger partial charge in [-0.3, -0.25) is 9.59 Å². The molecule has 0 saturated carbocycles. The van der Waals surface area contributed by atoms with E-state index in [1.54, 1.807) is 26.5 Å². The van der Waals surface area contributed by atoms with Crippen molar-refractivity contribution in [2.45, 2.75) is 82.3 Å². The molecule has 1 aromatic carbocycles. The fraction of sp³-hybridized carbons (Fsp3) is 0.586. The lowest BCUT2D eigenvalue weighted by molar-refractivity contribution is -0.122. The molecule has 0 saturated heterocycles. The Balaban J connectivity index is 1.89. The van der Waals surface area contributed by atoms with Crippen molar-refractivity contribution in [2.24, 2.45) is 0 Å². The standard InChI is InChI=1S/C29H44N4O5SSi/c1-18(2)40(19(3)4,20(5)6)38-13-12-33-24(15-25(34)23-17-31-29(39-9)32-27(23)33)28(35)30-16-21-10-11-22(36-7)14-26(21)37-8/h10-11,14,17-20,24H,12-13,15-16H2,1-9H3,(H,30,35). The first kappa shape index (κ1) is 31.9. The van der Waals surface area contributed by atoms with E-state index in [4.69, 9.17) is 13.9 Å². The van der Waals surface area contributed by atoms with Crippen LogP contribution < -0.4 is 19.7 Å². The lowest BCUT2D eigenvalue weighted by Gasteiger charge is -2.43. The molecule has 1 aromatic heterocycles. The maximum atomic E-state index is 13.6. The van der Waals surface area contributed by atoms with E-state index in [1.807, 2.05) is 23.3 Å². The Morgan fingerprint density at radius 3 is 2.38 bits per heavy atom. The summed E-state index contributed by atoms with van der Waals surface area (Å²) < 4.78 is 17.6. The summed E-state index contributed by atoms with van der Waals surface area (Å²) in [4.78, 5) is 37.7. The molecule has 40 heavy (non-hydrogen) atoms. The van der Waals surface area contributed by atoms with Crippen molar-refractivity contribution >= 4 is 37.6 Å². The van der Waals surface area contributed by atoms with Crippen LogP contribution in [0.4, 0.5) is 5.82 Å². The highest BCUT2D eigenvalue weighted by molar-refractivity contribution is 7.98. The Kier molecular flexibility index (Phi) is 11.0. The Morgan fingerprint density at radius 2 is 1.80 bits per heavy atom. The second-order valence-corrected chi connectivity index (χ2v) is 17.2. The lowest BCUT2D eigenvalue weighted by atomic mass is 9.97. The first-order valence-electron chi connectivity index (χ1n) is 13.8. The number of anilines is 1. The highest BCUT2D eigenvalue weighted by Gasteiger charge is 2.45. The molecule has 0 bridgehead atoms. The molecule has 1 N–H and O–H groups in total. The number of hydrogen-bond acceptors (Lipinski definition) is 9. The largest absolute Gasteiger partial charge is 0.497 e. The van der Waals surface area contributed by atoms with Gasteiger partial charge >= 0.3 is 0 Å². The van der Waals surface area contributed by atoms with Gasteiger partial charge in [0.15, 0.2) is 19.3 Å². The van der Waals surface area contributed by atoms with Crippen LogP contribution in [-0.2, 0) is 15.8 Å². The molecular weight excluding hydrogens is 544 g/mol. The predicted molar refractivity (Wildman–Crippen MR) is 162 cm³/mol. The molecular formula is C29H44N4O5SSi. The number of fused-ring (bicyclic) bond motifs is 1. The molecule has 0 fully saturated rings.